The van der Waals surface area contributed by atoms with Crippen LogP contribution >= 0.6 is 0 Å². The fourth-order valence-electron chi connectivity index (χ4n) is 3.58. The van der Waals surface area contributed by atoms with Gasteiger partial charge in [-0.05, 0) is 30.3 Å². The maximum absolute atomic E-state index is 13.1. The average Bonchev–Trinajstić information content (AvgIpc) is 3.64. The molecule has 0 saturated heterocycles. The van der Waals surface area contributed by atoms with Crippen molar-refractivity contribution in [2.24, 2.45) is 0 Å². The van der Waals surface area contributed by atoms with Gasteiger partial charge in [0.05, 0.1) is 48.5 Å². The Bertz CT molecular complexity index is 1410. The van der Waals surface area contributed by atoms with Crippen molar-refractivity contribution >= 4 is 22.8 Å². The van der Waals surface area contributed by atoms with E-state index in [0.29, 0.717) is 34.6 Å². The first-order chi connectivity index (χ1) is 16.7. The fourth-order valence-corrected chi connectivity index (χ4v) is 3.58. The van der Waals surface area contributed by atoms with Crippen LogP contribution in [-0.4, -0.2) is 33.1 Å². The molecule has 0 aliphatic rings. The Morgan fingerprint density at radius 1 is 0.912 bits per heavy atom. The third kappa shape index (κ3) is 4.58. The summed E-state index contributed by atoms with van der Waals surface area (Å²) < 4.78 is 12.3. The second-order valence-corrected chi connectivity index (χ2v) is 7.58. The quantitative estimate of drug-likeness (QED) is 0.371. The molecule has 5 rings (SSSR count). The lowest BCUT2D eigenvalue weighted by Crippen LogP contribution is -2.36. The zero-order chi connectivity index (χ0) is 23.3. The Morgan fingerprint density at radius 2 is 1.68 bits per heavy atom. The van der Waals surface area contributed by atoms with Crippen LogP contribution in [0, 0.1) is 0 Å². The molecule has 2 amide bonds. The van der Waals surface area contributed by atoms with Gasteiger partial charge in [-0.1, -0.05) is 30.3 Å². The summed E-state index contributed by atoms with van der Waals surface area (Å²) in [5.74, 6) is 0.630. The van der Waals surface area contributed by atoms with Crippen molar-refractivity contribution in [2.75, 3.05) is 6.54 Å². The molecule has 0 aliphatic carbocycles. The highest BCUT2D eigenvalue weighted by atomic mass is 16.3. The fraction of sp³-hybridized carbons (Fsp3) is 0.120. The number of nitrogens with one attached hydrogen (secondary N) is 2. The smallest absolute Gasteiger partial charge is 0.252 e. The van der Waals surface area contributed by atoms with E-state index in [1.807, 2.05) is 36.4 Å². The molecule has 0 bridgehead atoms. The topological polar surface area (TPSA) is 115 Å². The van der Waals surface area contributed by atoms with E-state index < -0.39 is 5.91 Å². The highest BCUT2D eigenvalue weighted by molar-refractivity contribution is 6.07. The van der Waals surface area contributed by atoms with Gasteiger partial charge in [0.2, 0.25) is 5.91 Å². The van der Waals surface area contributed by atoms with Crippen LogP contribution in [0.1, 0.15) is 21.9 Å². The zero-order valence-electron chi connectivity index (χ0n) is 18.1. The van der Waals surface area contributed by atoms with Crippen LogP contribution in [0.4, 0.5) is 0 Å². The van der Waals surface area contributed by atoms with Crippen molar-refractivity contribution in [3.63, 3.8) is 0 Å². The molecule has 0 atom stereocenters. The largest absolute Gasteiger partial charge is 0.467 e. The van der Waals surface area contributed by atoms with E-state index in [1.54, 1.807) is 41.4 Å². The summed E-state index contributed by atoms with van der Waals surface area (Å²) in [6.07, 6.45) is 4.74. The summed E-state index contributed by atoms with van der Waals surface area (Å²) in [6, 6.07) is 18.5. The number of hydrogen-bond acceptors (Lipinski definition) is 6. The highest BCUT2D eigenvalue weighted by Gasteiger charge is 2.18. The van der Waals surface area contributed by atoms with Crippen LogP contribution in [0.15, 0.2) is 88.2 Å². The minimum Gasteiger partial charge on any atom is -0.467 e. The van der Waals surface area contributed by atoms with Crippen LogP contribution in [-0.2, 0) is 17.9 Å². The molecule has 0 radical (unpaired) electrons. The maximum atomic E-state index is 13.1. The predicted molar refractivity (Wildman–Crippen MR) is 124 cm³/mol. The summed E-state index contributed by atoms with van der Waals surface area (Å²) in [6.45, 7) is 0.446. The van der Waals surface area contributed by atoms with Gasteiger partial charge in [-0.25, -0.2) is 9.67 Å². The van der Waals surface area contributed by atoms with E-state index in [4.69, 9.17) is 13.8 Å². The molecule has 0 spiro atoms. The lowest BCUT2D eigenvalue weighted by Gasteiger charge is -2.10. The Balaban J connectivity index is 1.41. The van der Waals surface area contributed by atoms with Gasteiger partial charge < -0.3 is 19.5 Å². The first-order valence-corrected chi connectivity index (χ1v) is 10.7. The molecule has 9 nitrogen and oxygen atoms in total. The minimum absolute atomic E-state index is 0.176. The van der Waals surface area contributed by atoms with Crippen LogP contribution in [0.2, 0.25) is 0 Å². The average molecular weight is 455 g/mol. The zero-order valence-corrected chi connectivity index (χ0v) is 18.1. The first-order valence-electron chi connectivity index (χ1n) is 10.7. The van der Waals surface area contributed by atoms with E-state index in [2.05, 4.69) is 15.7 Å². The molecule has 2 N–H and O–H groups in total. The van der Waals surface area contributed by atoms with Crippen molar-refractivity contribution in [3.05, 3.63) is 96.5 Å². The Morgan fingerprint density at radius 3 is 2.41 bits per heavy atom. The van der Waals surface area contributed by atoms with E-state index in [9.17, 15) is 9.59 Å². The number of amides is 2. The number of carbonyl (C=O) groups is 2. The number of nitrogens with zero attached hydrogens (tertiary/aromatic N) is 3. The van der Waals surface area contributed by atoms with Crippen LogP contribution < -0.4 is 10.6 Å². The van der Waals surface area contributed by atoms with Gasteiger partial charge in [-0.3, -0.25) is 9.59 Å². The molecule has 170 valence electrons. The van der Waals surface area contributed by atoms with Gasteiger partial charge in [0.1, 0.15) is 18.1 Å². The number of aromatic nitrogens is 3. The van der Waals surface area contributed by atoms with Crippen LogP contribution in [0.3, 0.4) is 0 Å². The summed E-state index contributed by atoms with van der Waals surface area (Å²) in [5, 5.41) is 10.4. The SMILES string of the molecule is O=C(CNC(=O)c1cc(-c2ccccc2)nc2c1cnn2Cc1ccco1)NCc1ccco1. The van der Waals surface area contributed by atoms with Gasteiger partial charge in [0.25, 0.3) is 5.91 Å². The standard InChI is InChI=1S/C25H21N5O4/c31-23(26-13-18-8-4-10-33-18)15-27-25(32)20-12-22(17-6-2-1-3-7-17)29-24-21(20)14-28-30(24)16-19-9-5-11-34-19/h1-12,14H,13,15-16H2,(H,26,31)(H,27,32). The van der Waals surface area contributed by atoms with Crippen molar-refractivity contribution in [3.8, 4) is 11.3 Å². The third-order valence-corrected chi connectivity index (χ3v) is 5.26. The summed E-state index contributed by atoms with van der Waals surface area (Å²) in [5.41, 5.74) is 2.42. The number of rotatable bonds is 8. The molecule has 9 heteroatoms. The van der Waals surface area contributed by atoms with Crippen LogP contribution in [0.25, 0.3) is 22.3 Å². The monoisotopic (exact) mass is 455 g/mol. The lowest BCUT2D eigenvalue weighted by molar-refractivity contribution is -0.120. The van der Waals surface area contributed by atoms with E-state index in [0.717, 1.165) is 11.3 Å². The number of furan rings is 2. The number of hydrogen-bond donors (Lipinski definition) is 2. The van der Waals surface area contributed by atoms with Crippen molar-refractivity contribution in [1.29, 1.82) is 0 Å². The number of carbonyl (C=O) groups excluding carboxylic acids is 2. The van der Waals surface area contributed by atoms with E-state index in [-0.39, 0.29) is 19.0 Å². The van der Waals surface area contributed by atoms with Crippen LogP contribution in [0.5, 0.6) is 0 Å². The molecule has 4 heterocycles. The molecule has 4 aromatic heterocycles. The Kier molecular flexibility index (Phi) is 5.89. The molecular formula is C25H21N5O4. The number of benzene rings is 1. The molecular weight excluding hydrogens is 434 g/mol. The molecule has 0 fully saturated rings. The van der Waals surface area contributed by atoms with Gasteiger partial charge >= 0.3 is 0 Å². The van der Waals surface area contributed by atoms with Gasteiger partial charge in [0, 0.05) is 5.56 Å². The normalized spacial score (nSPS) is 10.9. The predicted octanol–water partition coefficient (Wildman–Crippen LogP) is 3.38. The highest BCUT2D eigenvalue weighted by Crippen LogP contribution is 2.25. The summed E-state index contributed by atoms with van der Waals surface area (Å²) in [4.78, 5) is 30.1. The summed E-state index contributed by atoms with van der Waals surface area (Å²) in [7, 11) is 0. The molecule has 5 aromatic rings. The van der Waals surface area contributed by atoms with Crippen molar-refractivity contribution in [2.45, 2.75) is 13.1 Å². The minimum atomic E-state index is -0.393. The summed E-state index contributed by atoms with van der Waals surface area (Å²) >= 11 is 0. The number of pyridine rings is 1. The van der Waals surface area contributed by atoms with Gasteiger partial charge in [-0.2, -0.15) is 5.10 Å². The Hall–Kier alpha value is -4.66. The van der Waals surface area contributed by atoms with Gasteiger partial charge in [-0.15, -0.1) is 0 Å². The lowest BCUT2D eigenvalue weighted by atomic mass is 10.1. The Labute approximate surface area is 194 Å². The molecule has 0 saturated carbocycles. The first kappa shape index (κ1) is 21.2. The van der Waals surface area contributed by atoms with Gasteiger partial charge in [0.15, 0.2) is 5.65 Å². The number of fused-ring (bicyclic) bond motifs is 1. The molecule has 0 unspecified atom stereocenters. The maximum Gasteiger partial charge on any atom is 0.252 e. The van der Waals surface area contributed by atoms with E-state index in [1.165, 1.54) is 6.26 Å². The second kappa shape index (κ2) is 9.45. The van der Waals surface area contributed by atoms with Crippen molar-refractivity contribution < 1.29 is 18.4 Å². The third-order valence-electron chi connectivity index (χ3n) is 5.26. The van der Waals surface area contributed by atoms with Crippen molar-refractivity contribution in [1.82, 2.24) is 25.4 Å². The molecule has 0 aliphatic heterocycles. The molecule has 34 heavy (non-hydrogen) atoms. The van der Waals surface area contributed by atoms with E-state index >= 15 is 0 Å². The second-order valence-electron chi connectivity index (χ2n) is 7.58. The molecule has 1 aromatic carbocycles.